The first-order valence-corrected chi connectivity index (χ1v) is 7.45. The molecule has 1 atom stereocenters. The van der Waals surface area contributed by atoms with Crippen molar-refractivity contribution in [2.75, 3.05) is 6.54 Å². The fourth-order valence-corrected chi connectivity index (χ4v) is 3.10. The topological polar surface area (TPSA) is 29.0 Å². The minimum Gasteiger partial charge on any atom is -0.291 e. The molecule has 2 aromatic rings. The predicted molar refractivity (Wildman–Crippen MR) is 80.5 cm³/mol. The Morgan fingerprint density at radius 2 is 2.20 bits per heavy atom. The number of hydrogen-bond acceptors (Lipinski definition) is 3. The van der Waals surface area contributed by atoms with Crippen LogP contribution in [0.25, 0.3) is 0 Å². The molecule has 1 fully saturated rings. The molecular formula is C16H18ClN3. The lowest BCUT2D eigenvalue weighted by Crippen LogP contribution is -2.33. The first kappa shape index (κ1) is 13.5. The summed E-state index contributed by atoms with van der Waals surface area (Å²) in [6.45, 7) is 2.04. The summed E-state index contributed by atoms with van der Waals surface area (Å²) in [7, 11) is 0. The lowest BCUT2D eigenvalue weighted by molar-refractivity contribution is 0.137. The summed E-state index contributed by atoms with van der Waals surface area (Å²) in [5, 5.41) is 0.804. The number of piperidine rings is 1. The quantitative estimate of drug-likeness (QED) is 0.858. The Bertz CT molecular complexity index is 559. The van der Waals surface area contributed by atoms with Gasteiger partial charge < -0.3 is 0 Å². The highest BCUT2D eigenvalue weighted by Crippen LogP contribution is 2.31. The van der Waals surface area contributed by atoms with Gasteiger partial charge >= 0.3 is 0 Å². The Kier molecular flexibility index (Phi) is 4.28. The van der Waals surface area contributed by atoms with Crippen LogP contribution in [0.3, 0.4) is 0 Å². The van der Waals surface area contributed by atoms with E-state index in [1.807, 2.05) is 30.5 Å². The van der Waals surface area contributed by atoms with Gasteiger partial charge in [0.2, 0.25) is 0 Å². The molecule has 1 aromatic heterocycles. The number of likely N-dealkylation sites (tertiary alicyclic amines) is 1. The molecule has 0 radical (unpaired) electrons. The van der Waals surface area contributed by atoms with Crippen LogP contribution in [-0.4, -0.2) is 21.4 Å². The van der Waals surface area contributed by atoms with Crippen LogP contribution >= 0.6 is 11.6 Å². The average molecular weight is 288 g/mol. The van der Waals surface area contributed by atoms with E-state index in [-0.39, 0.29) is 0 Å². The summed E-state index contributed by atoms with van der Waals surface area (Å²) in [6.07, 6.45) is 7.15. The minimum absolute atomic E-state index is 0.394. The first-order chi connectivity index (χ1) is 9.83. The van der Waals surface area contributed by atoms with Gasteiger partial charge in [-0.15, -0.1) is 0 Å². The molecule has 0 N–H and O–H groups in total. The minimum atomic E-state index is 0.394. The van der Waals surface area contributed by atoms with Crippen LogP contribution in [0.5, 0.6) is 0 Å². The molecule has 2 heterocycles. The maximum atomic E-state index is 6.08. The van der Waals surface area contributed by atoms with Gasteiger partial charge in [-0.3, -0.25) is 4.90 Å². The van der Waals surface area contributed by atoms with E-state index in [0.717, 1.165) is 30.2 Å². The van der Waals surface area contributed by atoms with Gasteiger partial charge in [0, 0.05) is 17.8 Å². The highest BCUT2D eigenvalue weighted by atomic mass is 35.5. The highest BCUT2D eigenvalue weighted by Gasteiger charge is 2.24. The van der Waals surface area contributed by atoms with Crippen LogP contribution in [0.4, 0.5) is 0 Å². The van der Waals surface area contributed by atoms with E-state index in [2.05, 4.69) is 20.9 Å². The molecule has 0 aliphatic carbocycles. The largest absolute Gasteiger partial charge is 0.291 e. The Morgan fingerprint density at radius 3 is 3.00 bits per heavy atom. The monoisotopic (exact) mass is 287 g/mol. The van der Waals surface area contributed by atoms with Crippen molar-refractivity contribution in [3.63, 3.8) is 0 Å². The Labute approximate surface area is 124 Å². The van der Waals surface area contributed by atoms with Gasteiger partial charge in [-0.1, -0.05) is 30.2 Å². The van der Waals surface area contributed by atoms with Gasteiger partial charge in [-0.2, -0.15) is 0 Å². The number of nitrogens with zero attached hydrogens (tertiary/aromatic N) is 3. The number of aromatic nitrogens is 2. The van der Waals surface area contributed by atoms with Crippen molar-refractivity contribution < 1.29 is 0 Å². The van der Waals surface area contributed by atoms with Gasteiger partial charge in [-0.25, -0.2) is 9.97 Å². The van der Waals surface area contributed by atoms with Crippen molar-refractivity contribution >= 4 is 11.6 Å². The van der Waals surface area contributed by atoms with Gasteiger partial charge in [0.25, 0.3) is 0 Å². The average Bonchev–Trinajstić information content (AvgIpc) is 2.49. The van der Waals surface area contributed by atoms with Crippen molar-refractivity contribution in [3.8, 4) is 0 Å². The van der Waals surface area contributed by atoms with Crippen LogP contribution in [0.15, 0.2) is 42.9 Å². The normalized spacial score (nSPS) is 19.9. The summed E-state index contributed by atoms with van der Waals surface area (Å²) in [5.41, 5.74) is 2.39. The van der Waals surface area contributed by atoms with Crippen molar-refractivity contribution in [2.45, 2.75) is 31.8 Å². The Hall–Kier alpha value is -1.45. The van der Waals surface area contributed by atoms with Gasteiger partial charge in [0.1, 0.15) is 6.33 Å². The standard InChI is InChI=1S/C16H18ClN3/c17-14-5-3-4-13(10-14)11-20-9-2-1-6-16(20)15-7-8-18-12-19-15/h3-5,7-8,10,12,16H,1-2,6,9,11H2/t16-/m1/s1. The number of rotatable bonds is 3. The van der Waals surface area contributed by atoms with E-state index in [4.69, 9.17) is 11.6 Å². The molecule has 1 saturated heterocycles. The molecule has 0 spiro atoms. The van der Waals surface area contributed by atoms with E-state index in [9.17, 15) is 0 Å². The number of benzene rings is 1. The molecular weight excluding hydrogens is 270 g/mol. The summed E-state index contributed by atoms with van der Waals surface area (Å²) >= 11 is 6.08. The van der Waals surface area contributed by atoms with Crippen molar-refractivity contribution in [3.05, 3.63) is 59.1 Å². The fourth-order valence-electron chi connectivity index (χ4n) is 2.88. The lowest BCUT2D eigenvalue weighted by Gasteiger charge is -2.35. The van der Waals surface area contributed by atoms with Gasteiger partial charge in [0.05, 0.1) is 11.7 Å². The Morgan fingerprint density at radius 1 is 1.25 bits per heavy atom. The molecule has 0 unspecified atom stereocenters. The zero-order chi connectivity index (χ0) is 13.8. The second kappa shape index (κ2) is 6.33. The lowest BCUT2D eigenvalue weighted by atomic mass is 9.98. The molecule has 1 aliphatic rings. The highest BCUT2D eigenvalue weighted by molar-refractivity contribution is 6.30. The third-order valence-corrected chi connectivity index (χ3v) is 4.07. The summed E-state index contributed by atoms with van der Waals surface area (Å²) < 4.78 is 0. The van der Waals surface area contributed by atoms with E-state index in [1.165, 1.54) is 18.4 Å². The molecule has 104 valence electrons. The van der Waals surface area contributed by atoms with Crippen LogP contribution in [-0.2, 0) is 6.54 Å². The molecule has 3 rings (SSSR count). The second-order valence-corrected chi connectivity index (χ2v) is 5.68. The fraction of sp³-hybridized carbons (Fsp3) is 0.375. The molecule has 0 saturated carbocycles. The number of halogens is 1. The predicted octanol–water partition coefficient (Wildman–Crippen LogP) is 3.86. The van der Waals surface area contributed by atoms with Crippen LogP contribution in [0, 0.1) is 0 Å². The van der Waals surface area contributed by atoms with Crippen LogP contribution in [0.1, 0.15) is 36.6 Å². The molecule has 1 aromatic carbocycles. The van der Waals surface area contributed by atoms with E-state index >= 15 is 0 Å². The molecule has 20 heavy (non-hydrogen) atoms. The van der Waals surface area contributed by atoms with Crippen molar-refractivity contribution in [2.24, 2.45) is 0 Å². The summed E-state index contributed by atoms with van der Waals surface area (Å²) in [6, 6.07) is 10.5. The SMILES string of the molecule is Clc1cccc(CN2CCCC[C@@H]2c2ccncn2)c1. The zero-order valence-corrected chi connectivity index (χ0v) is 12.1. The number of hydrogen-bond donors (Lipinski definition) is 0. The van der Waals surface area contributed by atoms with E-state index in [1.54, 1.807) is 6.33 Å². The maximum Gasteiger partial charge on any atom is 0.115 e. The van der Waals surface area contributed by atoms with Gasteiger partial charge in [-0.05, 0) is 43.1 Å². The van der Waals surface area contributed by atoms with E-state index in [0.29, 0.717) is 6.04 Å². The maximum absolute atomic E-state index is 6.08. The third kappa shape index (κ3) is 3.17. The van der Waals surface area contributed by atoms with Crippen LogP contribution in [0.2, 0.25) is 5.02 Å². The van der Waals surface area contributed by atoms with Crippen LogP contribution < -0.4 is 0 Å². The van der Waals surface area contributed by atoms with Crippen molar-refractivity contribution in [1.82, 2.24) is 14.9 Å². The van der Waals surface area contributed by atoms with Gasteiger partial charge in [0.15, 0.2) is 0 Å². The third-order valence-electron chi connectivity index (χ3n) is 3.83. The summed E-state index contributed by atoms with van der Waals surface area (Å²) in [5.74, 6) is 0. The van der Waals surface area contributed by atoms with E-state index < -0.39 is 0 Å². The first-order valence-electron chi connectivity index (χ1n) is 7.07. The smallest absolute Gasteiger partial charge is 0.115 e. The molecule has 1 aliphatic heterocycles. The molecule has 3 nitrogen and oxygen atoms in total. The summed E-state index contributed by atoms with van der Waals surface area (Å²) in [4.78, 5) is 10.9. The molecule has 0 amide bonds. The Balaban J connectivity index is 1.79. The molecule has 4 heteroatoms. The molecule has 0 bridgehead atoms. The zero-order valence-electron chi connectivity index (χ0n) is 11.4. The second-order valence-electron chi connectivity index (χ2n) is 5.25. The van der Waals surface area contributed by atoms with Crippen molar-refractivity contribution in [1.29, 1.82) is 0 Å².